The van der Waals surface area contributed by atoms with Crippen LogP contribution in [0.25, 0.3) is 0 Å². The van der Waals surface area contributed by atoms with Crippen LogP contribution in [0, 0.1) is 5.41 Å². The number of nitrogens with one attached hydrogen (secondary N) is 1. The second-order valence-electron chi connectivity index (χ2n) is 5.05. The molecule has 0 atom stereocenters. The minimum absolute atomic E-state index is 0.350. The summed E-state index contributed by atoms with van der Waals surface area (Å²) < 4.78 is 5.03. The van der Waals surface area contributed by atoms with E-state index in [1.165, 1.54) is 12.8 Å². The summed E-state index contributed by atoms with van der Waals surface area (Å²) in [4.78, 5) is 0. The van der Waals surface area contributed by atoms with Gasteiger partial charge in [0.25, 0.3) is 0 Å². The highest BCUT2D eigenvalue weighted by atomic mass is 35.5. The van der Waals surface area contributed by atoms with Crippen LogP contribution in [0.15, 0.2) is 18.2 Å². The van der Waals surface area contributed by atoms with Crippen LogP contribution < -0.4 is 5.32 Å². The van der Waals surface area contributed by atoms with Gasteiger partial charge >= 0.3 is 0 Å². The summed E-state index contributed by atoms with van der Waals surface area (Å²) in [5.74, 6) is 0. The molecule has 18 heavy (non-hydrogen) atoms. The number of halogens is 2. The molecule has 0 unspecified atom stereocenters. The molecule has 0 aromatic heterocycles. The van der Waals surface area contributed by atoms with Crippen molar-refractivity contribution < 1.29 is 4.74 Å². The zero-order valence-corrected chi connectivity index (χ0v) is 12.2. The molecule has 0 amide bonds. The molecule has 0 heterocycles. The lowest BCUT2D eigenvalue weighted by molar-refractivity contribution is 0.197. The van der Waals surface area contributed by atoms with Crippen molar-refractivity contribution in [2.45, 2.75) is 19.3 Å². The van der Waals surface area contributed by atoms with Gasteiger partial charge in [0.1, 0.15) is 0 Å². The summed E-state index contributed by atoms with van der Waals surface area (Å²) >= 11 is 12.4. The van der Waals surface area contributed by atoms with Crippen LogP contribution in [0.3, 0.4) is 0 Å². The van der Waals surface area contributed by atoms with Gasteiger partial charge in [-0.3, -0.25) is 0 Å². The standard InChI is InChI=1S/C14H19Cl2NO/c1-18-8-7-17-10-14(5-6-14)9-11-12(15)3-2-4-13(11)16/h2-4,17H,5-10H2,1H3. The third-order valence-electron chi connectivity index (χ3n) is 3.55. The molecule has 1 saturated carbocycles. The summed E-state index contributed by atoms with van der Waals surface area (Å²) in [5, 5.41) is 5.00. The third-order valence-corrected chi connectivity index (χ3v) is 4.26. The molecule has 2 rings (SSSR count). The van der Waals surface area contributed by atoms with E-state index in [2.05, 4.69) is 5.32 Å². The summed E-state index contributed by atoms with van der Waals surface area (Å²) in [7, 11) is 1.72. The lowest BCUT2D eigenvalue weighted by atomic mass is 9.96. The van der Waals surface area contributed by atoms with Crippen LogP contribution in [-0.2, 0) is 11.2 Å². The Morgan fingerprint density at radius 1 is 1.28 bits per heavy atom. The lowest BCUT2D eigenvalue weighted by Crippen LogP contribution is -2.28. The highest BCUT2D eigenvalue weighted by Gasteiger charge is 2.42. The topological polar surface area (TPSA) is 21.3 Å². The number of hydrogen-bond acceptors (Lipinski definition) is 2. The van der Waals surface area contributed by atoms with Crippen LogP contribution >= 0.6 is 23.2 Å². The number of ether oxygens (including phenoxy) is 1. The zero-order chi connectivity index (χ0) is 13.0. The molecule has 100 valence electrons. The maximum absolute atomic E-state index is 6.22. The second-order valence-corrected chi connectivity index (χ2v) is 5.86. The van der Waals surface area contributed by atoms with E-state index in [9.17, 15) is 0 Å². The van der Waals surface area contributed by atoms with Crippen molar-refractivity contribution in [1.29, 1.82) is 0 Å². The average molecular weight is 288 g/mol. The molecule has 0 saturated heterocycles. The first-order valence-corrected chi connectivity index (χ1v) is 7.05. The van der Waals surface area contributed by atoms with Crippen LogP contribution in [0.1, 0.15) is 18.4 Å². The molecule has 1 aromatic carbocycles. The van der Waals surface area contributed by atoms with Gasteiger partial charge in [0.2, 0.25) is 0 Å². The normalized spacial score (nSPS) is 16.8. The number of rotatable bonds is 7. The number of hydrogen-bond donors (Lipinski definition) is 1. The van der Waals surface area contributed by atoms with Crippen molar-refractivity contribution >= 4 is 23.2 Å². The smallest absolute Gasteiger partial charge is 0.0587 e. The van der Waals surface area contributed by atoms with Gasteiger partial charge in [-0.2, -0.15) is 0 Å². The van der Waals surface area contributed by atoms with E-state index in [-0.39, 0.29) is 0 Å². The highest BCUT2D eigenvalue weighted by molar-refractivity contribution is 6.36. The van der Waals surface area contributed by atoms with Crippen molar-refractivity contribution in [2.24, 2.45) is 5.41 Å². The molecule has 1 N–H and O–H groups in total. The Morgan fingerprint density at radius 3 is 2.50 bits per heavy atom. The highest BCUT2D eigenvalue weighted by Crippen LogP contribution is 2.49. The first-order valence-electron chi connectivity index (χ1n) is 6.29. The Balaban J connectivity index is 1.92. The maximum Gasteiger partial charge on any atom is 0.0587 e. The SMILES string of the molecule is COCCNCC1(Cc2c(Cl)cccc2Cl)CC1. The summed E-state index contributed by atoms with van der Waals surface area (Å²) in [5.41, 5.74) is 1.44. The van der Waals surface area contributed by atoms with Gasteiger partial charge in [0.05, 0.1) is 6.61 Å². The zero-order valence-electron chi connectivity index (χ0n) is 10.6. The van der Waals surface area contributed by atoms with Crippen molar-refractivity contribution in [3.8, 4) is 0 Å². The maximum atomic E-state index is 6.22. The Labute approximate surface area is 119 Å². The molecule has 1 aromatic rings. The molecule has 0 radical (unpaired) electrons. The Hall–Kier alpha value is -0.280. The quantitative estimate of drug-likeness (QED) is 0.775. The van der Waals surface area contributed by atoms with Gasteiger partial charge in [0.15, 0.2) is 0 Å². The molecule has 1 aliphatic rings. The largest absolute Gasteiger partial charge is 0.383 e. The predicted molar refractivity (Wildman–Crippen MR) is 76.6 cm³/mol. The first-order chi connectivity index (χ1) is 8.67. The summed E-state index contributed by atoms with van der Waals surface area (Å²) in [6.45, 7) is 2.66. The monoisotopic (exact) mass is 287 g/mol. The van der Waals surface area contributed by atoms with Gasteiger partial charge in [-0.15, -0.1) is 0 Å². The van der Waals surface area contributed by atoms with Gasteiger partial charge in [-0.05, 0) is 42.4 Å². The van der Waals surface area contributed by atoms with Crippen LogP contribution in [0.4, 0.5) is 0 Å². The molecule has 0 spiro atoms. The minimum Gasteiger partial charge on any atom is -0.383 e. The molecular weight excluding hydrogens is 269 g/mol. The minimum atomic E-state index is 0.350. The van der Waals surface area contributed by atoms with E-state index in [1.807, 2.05) is 18.2 Å². The molecule has 0 aliphatic heterocycles. The lowest BCUT2D eigenvalue weighted by Gasteiger charge is -2.17. The summed E-state index contributed by atoms with van der Waals surface area (Å²) in [6.07, 6.45) is 3.45. The van der Waals surface area contributed by atoms with Gasteiger partial charge in [-0.25, -0.2) is 0 Å². The van der Waals surface area contributed by atoms with Gasteiger partial charge in [-0.1, -0.05) is 29.3 Å². The van der Waals surface area contributed by atoms with Crippen molar-refractivity contribution in [1.82, 2.24) is 5.32 Å². The Morgan fingerprint density at radius 2 is 1.94 bits per heavy atom. The van der Waals surface area contributed by atoms with E-state index >= 15 is 0 Å². The third kappa shape index (κ3) is 3.61. The fourth-order valence-corrected chi connectivity index (χ4v) is 2.73. The van der Waals surface area contributed by atoms with Crippen molar-refractivity contribution in [2.75, 3.05) is 26.8 Å². The fourth-order valence-electron chi connectivity index (χ4n) is 2.20. The van der Waals surface area contributed by atoms with Gasteiger partial charge in [0, 0.05) is 30.2 Å². The van der Waals surface area contributed by atoms with E-state index in [0.29, 0.717) is 5.41 Å². The van der Waals surface area contributed by atoms with Crippen LogP contribution in [0.5, 0.6) is 0 Å². The first kappa shape index (κ1) is 14.1. The molecule has 1 fully saturated rings. The average Bonchev–Trinajstić information content (AvgIpc) is 3.11. The number of benzene rings is 1. The van der Waals surface area contributed by atoms with E-state index in [4.69, 9.17) is 27.9 Å². The van der Waals surface area contributed by atoms with Crippen LogP contribution in [-0.4, -0.2) is 26.8 Å². The fraction of sp³-hybridized carbons (Fsp3) is 0.571. The van der Waals surface area contributed by atoms with Crippen LogP contribution in [0.2, 0.25) is 10.0 Å². The predicted octanol–water partition coefficient (Wildman–Crippen LogP) is 3.55. The Bertz CT molecular complexity index is 385. The molecule has 1 aliphatic carbocycles. The summed E-state index contributed by atoms with van der Waals surface area (Å²) in [6, 6.07) is 5.72. The Kier molecular flexibility index (Phi) is 4.91. The molecule has 2 nitrogen and oxygen atoms in total. The molecular formula is C14H19Cl2NO. The van der Waals surface area contributed by atoms with E-state index in [0.717, 1.165) is 41.7 Å². The van der Waals surface area contributed by atoms with E-state index < -0.39 is 0 Å². The van der Waals surface area contributed by atoms with Gasteiger partial charge < -0.3 is 10.1 Å². The van der Waals surface area contributed by atoms with Crippen molar-refractivity contribution in [3.63, 3.8) is 0 Å². The van der Waals surface area contributed by atoms with Crippen molar-refractivity contribution in [3.05, 3.63) is 33.8 Å². The molecule has 0 bridgehead atoms. The number of methoxy groups -OCH3 is 1. The molecule has 4 heteroatoms. The second kappa shape index (κ2) is 6.25. The van der Waals surface area contributed by atoms with E-state index in [1.54, 1.807) is 7.11 Å².